The number of thiazole rings is 1. The van der Waals surface area contributed by atoms with Crippen LogP contribution in [0.4, 0.5) is 0 Å². The molecule has 21 heavy (non-hydrogen) atoms. The van der Waals surface area contributed by atoms with Gasteiger partial charge >= 0.3 is 0 Å². The van der Waals surface area contributed by atoms with Crippen molar-refractivity contribution in [1.29, 1.82) is 0 Å². The highest BCUT2D eigenvalue weighted by Gasteiger charge is 2.48. The van der Waals surface area contributed by atoms with Crippen LogP contribution in [0.25, 0.3) is 0 Å². The molecule has 0 aliphatic carbocycles. The summed E-state index contributed by atoms with van der Waals surface area (Å²) in [5.74, 6) is 0.322. The molecule has 1 aromatic rings. The molecule has 6 heteroatoms. The topological polar surface area (TPSA) is 53.5 Å². The number of aryl methyl sites for hydroxylation is 1. The Hall–Kier alpha value is -1.43. The first-order valence-corrected chi connectivity index (χ1v) is 8.39. The molecule has 2 amide bonds. The van der Waals surface area contributed by atoms with Crippen molar-refractivity contribution in [3.05, 3.63) is 16.1 Å². The van der Waals surface area contributed by atoms with E-state index >= 15 is 0 Å². The molecule has 0 N–H and O–H groups in total. The number of fused-ring (bicyclic) bond motifs is 1. The van der Waals surface area contributed by atoms with E-state index in [4.69, 9.17) is 0 Å². The van der Waals surface area contributed by atoms with Crippen LogP contribution in [0.1, 0.15) is 37.4 Å². The lowest BCUT2D eigenvalue weighted by atomic mass is 9.96. The van der Waals surface area contributed by atoms with Crippen LogP contribution in [0.15, 0.2) is 5.38 Å². The van der Waals surface area contributed by atoms with Crippen LogP contribution in [0, 0.1) is 12.8 Å². The minimum atomic E-state index is -0.351. The number of carbonyl (C=O) groups excluding carboxylic acids is 2. The Morgan fingerprint density at radius 2 is 2.14 bits per heavy atom. The van der Waals surface area contributed by atoms with Gasteiger partial charge < -0.3 is 9.80 Å². The summed E-state index contributed by atoms with van der Waals surface area (Å²) in [6, 6.07) is -0.593. The minimum Gasteiger partial charge on any atom is -0.329 e. The molecule has 2 atom stereocenters. The molecule has 2 aliphatic rings. The molecule has 0 aromatic carbocycles. The summed E-state index contributed by atoms with van der Waals surface area (Å²) in [6.45, 7) is 7.14. The van der Waals surface area contributed by atoms with Crippen molar-refractivity contribution in [1.82, 2.24) is 14.8 Å². The average Bonchev–Trinajstić information content (AvgIpc) is 3.04. The Kier molecular flexibility index (Phi) is 3.73. The highest BCUT2D eigenvalue weighted by atomic mass is 32.1. The van der Waals surface area contributed by atoms with Crippen LogP contribution in [0.3, 0.4) is 0 Å². The van der Waals surface area contributed by atoms with Crippen LogP contribution in [-0.2, 0) is 16.1 Å². The maximum Gasteiger partial charge on any atom is 0.246 e. The van der Waals surface area contributed by atoms with Crippen molar-refractivity contribution in [2.75, 3.05) is 6.54 Å². The van der Waals surface area contributed by atoms with Gasteiger partial charge in [-0.15, -0.1) is 11.3 Å². The SMILES string of the molecule is Cc1csc(CN2C(=O)C3CCCN3C(=O)C2C(C)C)n1. The van der Waals surface area contributed by atoms with Gasteiger partial charge in [0.15, 0.2) is 0 Å². The zero-order valence-electron chi connectivity index (χ0n) is 12.7. The number of amides is 2. The molecule has 1 aromatic heterocycles. The van der Waals surface area contributed by atoms with Crippen molar-refractivity contribution >= 4 is 23.2 Å². The van der Waals surface area contributed by atoms with E-state index in [2.05, 4.69) is 4.98 Å². The normalized spacial score (nSPS) is 25.9. The van der Waals surface area contributed by atoms with Crippen molar-refractivity contribution < 1.29 is 9.59 Å². The van der Waals surface area contributed by atoms with Gasteiger partial charge in [0.1, 0.15) is 17.1 Å². The zero-order chi connectivity index (χ0) is 15.1. The van der Waals surface area contributed by atoms with E-state index in [1.165, 1.54) is 0 Å². The third-order valence-electron chi connectivity index (χ3n) is 4.30. The maximum atomic E-state index is 12.8. The fourth-order valence-electron chi connectivity index (χ4n) is 3.36. The summed E-state index contributed by atoms with van der Waals surface area (Å²) in [6.07, 6.45) is 1.72. The second kappa shape index (κ2) is 5.40. The molecule has 3 rings (SSSR count). The van der Waals surface area contributed by atoms with E-state index in [1.807, 2.05) is 26.2 Å². The molecule has 2 aliphatic heterocycles. The summed E-state index contributed by atoms with van der Waals surface area (Å²) in [7, 11) is 0. The summed E-state index contributed by atoms with van der Waals surface area (Å²) < 4.78 is 0. The molecule has 0 saturated carbocycles. The van der Waals surface area contributed by atoms with Crippen LogP contribution in [-0.4, -0.2) is 45.2 Å². The molecule has 2 saturated heterocycles. The van der Waals surface area contributed by atoms with Gasteiger partial charge in [-0.25, -0.2) is 4.98 Å². The Morgan fingerprint density at radius 1 is 1.38 bits per heavy atom. The molecule has 114 valence electrons. The Balaban J connectivity index is 1.90. The lowest BCUT2D eigenvalue weighted by molar-refractivity contribution is -0.162. The second-order valence-electron chi connectivity index (χ2n) is 6.23. The first kappa shape index (κ1) is 14.5. The Bertz CT molecular complexity index is 569. The number of nitrogens with zero attached hydrogens (tertiary/aromatic N) is 3. The minimum absolute atomic E-state index is 0.0960. The zero-order valence-corrected chi connectivity index (χ0v) is 13.5. The third kappa shape index (κ3) is 2.46. The van der Waals surface area contributed by atoms with Crippen LogP contribution < -0.4 is 0 Å². The van der Waals surface area contributed by atoms with Gasteiger partial charge in [-0.1, -0.05) is 13.8 Å². The van der Waals surface area contributed by atoms with Gasteiger partial charge in [0.25, 0.3) is 0 Å². The standard InChI is InChI=1S/C15H21N3O2S/c1-9(2)13-15(20)17-6-4-5-11(17)14(19)18(13)7-12-16-10(3)8-21-12/h8-9,11,13H,4-7H2,1-3H3. The molecular weight excluding hydrogens is 286 g/mol. The molecule has 0 radical (unpaired) electrons. The molecule has 0 bridgehead atoms. The number of rotatable bonds is 3. The molecule has 2 unspecified atom stereocenters. The third-order valence-corrected chi connectivity index (χ3v) is 5.25. The highest BCUT2D eigenvalue weighted by molar-refractivity contribution is 7.09. The number of aromatic nitrogens is 1. The van der Waals surface area contributed by atoms with E-state index in [-0.39, 0.29) is 29.8 Å². The monoisotopic (exact) mass is 307 g/mol. The van der Waals surface area contributed by atoms with E-state index < -0.39 is 0 Å². The predicted octanol–water partition coefficient (Wildman–Crippen LogP) is 1.81. The number of hydrogen-bond acceptors (Lipinski definition) is 4. The van der Waals surface area contributed by atoms with E-state index in [1.54, 1.807) is 21.1 Å². The number of hydrogen-bond donors (Lipinski definition) is 0. The maximum absolute atomic E-state index is 12.8. The van der Waals surface area contributed by atoms with Crippen molar-refractivity contribution in [2.24, 2.45) is 5.92 Å². The predicted molar refractivity (Wildman–Crippen MR) is 80.8 cm³/mol. The molecule has 3 heterocycles. The second-order valence-corrected chi connectivity index (χ2v) is 7.17. The molecule has 5 nitrogen and oxygen atoms in total. The lowest BCUT2D eigenvalue weighted by Gasteiger charge is -2.43. The van der Waals surface area contributed by atoms with Crippen molar-refractivity contribution in [3.63, 3.8) is 0 Å². The van der Waals surface area contributed by atoms with E-state index in [0.29, 0.717) is 6.54 Å². The Morgan fingerprint density at radius 3 is 2.76 bits per heavy atom. The summed E-state index contributed by atoms with van der Waals surface area (Å²) in [5.41, 5.74) is 0.967. The van der Waals surface area contributed by atoms with Gasteiger partial charge in [-0.05, 0) is 25.7 Å². The smallest absolute Gasteiger partial charge is 0.246 e. The molecule has 2 fully saturated rings. The quantitative estimate of drug-likeness (QED) is 0.856. The lowest BCUT2D eigenvalue weighted by Crippen LogP contribution is -2.63. The summed E-state index contributed by atoms with van der Waals surface area (Å²) in [4.78, 5) is 33.5. The van der Waals surface area contributed by atoms with Gasteiger partial charge in [0.05, 0.1) is 6.54 Å². The van der Waals surface area contributed by atoms with E-state index in [0.717, 1.165) is 30.1 Å². The number of carbonyl (C=O) groups is 2. The first-order chi connectivity index (χ1) is 9.99. The van der Waals surface area contributed by atoms with Crippen LogP contribution in [0.5, 0.6) is 0 Å². The average molecular weight is 307 g/mol. The van der Waals surface area contributed by atoms with E-state index in [9.17, 15) is 9.59 Å². The largest absolute Gasteiger partial charge is 0.329 e. The van der Waals surface area contributed by atoms with Gasteiger partial charge in [-0.2, -0.15) is 0 Å². The van der Waals surface area contributed by atoms with Crippen molar-refractivity contribution in [2.45, 2.75) is 52.2 Å². The Labute approximate surface area is 129 Å². The molecular formula is C15H21N3O2S. The fourth-order valence-corrected chi connectivity index (χ4v) is 4.13. The van der Waals surface area contributed by atoms with Gasteiger partial charge in [-0.3, -0.25) is 9.59 Å². The van der Waals surface area contributed by atoms with Crippen LogP contribution in [0.2, 0.25) is 0 Å². The fraction of sp³-hybridized carbons (Fsp3) is 0.667. The van der Waals surface area contributed by atoms with Crippen molar-refractivity contribution in [3.8, 4) is 0 Å². The van der Waals surface area contributed by atoms with Crippen LogP contribution >= 0.6 is 11.3 Å². The van der Waals surface area contributed by atoms with Gasteiger partial charge in [0.2, 0.25) is 11.8 Å². The highest BCUT2D eigenvalue weighted by Crippen LogP contribution is 2.31. The first-order valence-electron chi connectivity index (χ1n) is 7.51. The molecule has 0 spiro atoms. The summed E-state index contributed by atoms with van der Waals surface area (Å²) >= 11 is 1.56. The number of piperazine rings is 1. The summed E-state index contributed by atoms with van der Waals surface area (Å²) in [5, 5.41) is 2.89. The van der Waals surface area contributed by atoms with Gasteiger partial charge in [0, 0.05) is 17.6 Å².